The largest absolute Gasteiger partial charge is 0.355 e. The number of nitrogens with one attached hydrogen (secondary N) is 1. The molecular formula is C10H13IN2O. The molecule has 0 aliphatic heterocycles. The maximum atomic E-state index is 10.8. The van der Waals surface area contributed by atoms with Gasteiger partial charge < -0.3 is 11.1 Å². The van der Waals surface area contributed by atoms with Crippen LogP contribution >= 0.6 is 22.6 Å². The highest BCUT2D eigenvalue weighted by Gasteiger charge is 1.96. The van der Waals surface area contributed by atoms with E-state index in [1.54, 1.807) is 0 Å². The lowest BCUT2D eigenvalue weighted by Crippen LogP contribution is -2.31. The highest BCUT2D eigenvalue weighted by molar-refractivity contribution is 14.1. The average molecular weight is 304 g/mol. The summed E-state index contributed by atoms with van der Waals surface area (Å²) in [6.07, 6.45) is 0.850. The molecule has 4 heteroatoms. The fraction of sp³-hybridized carbons (Fsp3) is 0.300. The molecule has 0 saturated carbocycles. The first-order valence-electron chi connectivity index (χ1n) is 4.43. The van der Waals surface area contributed by atoms with E-state index in [-0.39, 0.29) is 12.5 Å². The molecule has 1 rings (SSSR count). The summed E-state index contributed by atoms with van der Waals surface area (Å²) >= 11 is 2.26. The summed E-state index contributed by atoms with van der Waals surface area (Å²) in [6.45, 7) is 0.712. The van der Waals surface area contributed by atoms with Crippen molar-refractivity contribution in [3.8, 4) is 0 Å². The quantitative estimate of drug-likeness (QED) is 0.812. The second-order valence-electron chi connectivity index (χ2n) is 2.93. The average Bonchev–Trinajstić information content (AvgIpc) is 2.21. The van der Waals surface area contributed by atoms with Gasteiger partial charge in [-0.05, 0) is 46.7 Å². The third-order valence-corrected chi connectivity index (χ3v) is 2.55. The van der Waals surface area contributed by atoms with E-state index in [2.05, 4.69) is 52.2 Å². The van der Waals surface area contributed by atoms with Gasteiger partial charge in [-0.15, -0.1) is 0 Å². The van der Waals surface area contributed by atoms with Crippen LogP contribution in [-0.2, 0) is 11.2 Å². The summed E-state index contributed by atoms with van der Waals surface area (Å²) in [5.74, 6) is -0.101. The van der Waals surface area contributed by atoms with Crippen molar-refractivity contribution < 1.29 is 4.79 Å². The van der Waals surface area contributed by atoms with Crippen LogP contribution in [0.3, 0.4) is 0 Å². The zero-order chi connectivity index (χ0) is 10.4. The van der Waals surface area contributed by atoms with Gasteiger partial charge in [-0.2, -0.15) is 0 Å². The molecule has 0 aliphatic rings. The minimum atomic E-state index is -0.101. The van der Waals surface area contributed by atoms with Gasteiger partial charge in [-0.3, -0.25) is 4.79 Å². The Balaban J connectivity index is 2.31. The smallest absolute Gasteiger partial charge is 0.233 e. The second kappa shape index (κ2) is 5.98. The van der Waals surface area contributed by atoms with Gasteiger partial charge in [0.25, 0.3) is 0 Å². The molecule has 0 aromatic heterocycles. The summed E-state index contributed by atoms with van der Waals surface area (Å²) < 4.78 is 1.22. The van der Waals surface area contributed by atoms with Gasteiger partial charge in [0.2, 0.25) is 5.91 Å². The van der Waals surface area contributed by atoms with Crippen LogP contribution in [0.15, 0.2) is 24.3 Å². The Hall–Kier alpha value is -0.620. The Morgan fingerprint density at radius 3 is 2.57 bits per heavy atom. The predicted molar refractivity (Wildman–Crippen MR) is 64.9 cm³/mol. The summed E-state index contributed by atoms with van der Waals surface area (Å²) in [7, 11) is 0. The van der Waals surface area contributed by atoms with Crippen molar-refractivity contribution >= 4 is 28.5 Å². The molecule has 0 unspecified atom stereocenters. The van der Waals surface area contributed by atoms with Crippen molar-refractivity contribution in [2.24, 2.45) is 5.73 Å². The Labute approximate surface area is 97.2 Å². The van der Waals surface area contributed by atoms with Crippen molar-refractivity contribution in [2.45, 2.75) is 6.42 Å². The molecule has 14 heavy (non-hydrogen) atoms. The van der Waals surface area contributed by atoms with Crippen molar-refractivity contribution in [3.63, 3.8) is 0 Å². The molecule has 0 atom stereocenters. The zero-order valence-electron chi connectivity index (χ0n) is 7.79. The molecule has 0 heterocycles. The lowest BCUT2D eigenvalue weighted by molar-refractivity contribution is -0.119. The first-order chi connectivity index (χ1) is 6.72. The van der Waals surface area contributed by atoms with Crippen LogP contribution < -0.4 is 11.1 Å². The molecule has 0 radical (unpaired) electrons. The number of rotatable bonds is 4. The summed E-state index contributed by atoms with van der Waals surface area (Å²) in [5.41, 5.74) is 6.38. The molecule has 0 spiro atoms. The van der Waals surface area contributed by atoms with Crippen LogP contribution in [0.2, 0.25) is 0 Å². The normalized spacial score (nSPS) is 9.86. The number of amides is 1. The third-order valence-electron chi connectivity index (χ3n) is 1.83. The van der Waals surface area contributed by atoms with E-state index in [0.29, 0.717) is 6.54 Å². The number of benzene rings is 1. The van der Waals surface area contributed by atoms with Gasteiger partial charge in [0, 0.05) is 10.1 Å². The second-order valence-corrected chi connectivity index (χ2v) is 4.18. The maximum absolute atomic E-state index is 10.8. The number of carbonyl (C=O) groups excluding carboxylic acids is 1. The van der Waals surface area contributed by atoms with E-state index >= 15 is 0 Å². The minimum Gasteiger partial charge on any atom is -0.355 e. The first-order valence-corrected chi connectivity index (χ1v) is 5.51. The number of nitrogens with two attached hydrogens (primary N) is 1. The van der Waals surface area contributed by atoms with Crippen molar-refractivity contribution in [2.75, 3.05) is 13.1 Å². The van der Waals surface area contributed by atoms with Gasteiger partial charge in [0.05, 0.1) is 6.54 Å². The molecular weight excluding hydrogens is 291 g/mol. The molecule has 0 fully saturated rings. The Morgan fingerprint density at radius 2 is 2.00 bits per heavy atom. The van der Waals surface area contributed by atoms with Crippen molar-refractivity contribution in [3.05, 3.63) is 33.4 Å². The number of hydrogen-bond donors (Lipinski definition) is 2. The first kappa shape index (κ1) is 11.5. The molecule has 0 bridgehead atoms. The van der Waals surface area contributed by atoms with Gasteiger partial charge in [0.1, 0.15) is 0 Å². The van der Waals surface area contributed by atoms with Crippen LogP contribution in [0.5, 0.6) is 0 Å². The van der Waals surface area contributed by atoms with Crippen LogP contribution in [0.1, 0.15) is 5.56 Å². The molecule has 0 saturated heterocycles. The van der Waals surface area contributed by atoms with E-state index in [4.69, 9.17) is 5.73 Å². The van der Waals surface area contributed by atoms with E-state index in [9.17, 15) is 4.79 Å². The summed E-state index contributed by atoms with van der Waals surface area (Å²) in [6, 6.07) is 8.24. The maximum Gasteiger partial charge on any atom is 0.233 e. The van der Waals surface area contributed by atoms with Crippen LogP contribution in [-0.4, -0.2) is 19.0 Å². The minimum absolute atomic E-state index is 0.0622. The lowest BCUT2D eigenvalue weighted by Gasteiger charge is -2.03. The van der Waals surface area contributed by atoms with Crippen LogP contribution in [0, 0.1) is 3.57 Å². The molecule has 76 valence electrons. The number of halogens is 1. The zero-order valence-corrected chi connectivity index (χ0v) is 9.95. The van der Waals surface area contributed by atoms with E-state index < -0.39 is 0 Å². The molecule has 0 aliphatic carbocycles. The summed E-state index contributed by atoms with van der Waals surface area (Å²) in [4.78, 5) is 10.8. The molecule has 1 aromatic carbocycles. The standard InChI is InChI=1S/C10H13IN2O/c11-9-3-1-8(2-4-9)5-6-13-10(14)7-12/h1-4H,5-7,12H2,(H,13,14). The number of carbonyl (C=O) groups is 1. The lowest BCUT2D eigenvalue weighted by atomic mass is 10.1. The Kier molecular flexibility index (Phi) is 4.89. The van der Waals surface area contributed by atoms with E-state index in [0.717, 1.165) is 6.42 Å². The van der Waals surface area contributed by atoms with E-state index in [1.807, 2.05) is 0 Å². The van der Waals surface area contributed by atoms with E-state index in [1.165, 1.54) is 9.13 Å². The van der Waals surface area contributed by atoms with Crippen molar-refractivity contribution in [1.29, 1.82) is 0 Å². The SMILES string of the molecule is NCC(=O)NCCc1ccc(I)cc1. The monoisotopic (exact) mass is 304 g/mol. The topological polar surface area (TPSA) is 55.1 Å². The highest BCUT2D eigenvalue weighted by Crippen LogP contribution is 2.06. The van der Waals surface area contributed by atoms with Crippen molar-refractivity contribution in [1.82, 2.24) is 5.32 Å². The van der Waals surface area contributed by atoms with Gasteiger partial charge in [0.15, 0.2) is 0 Å². The fourth-order valence-corrected chi connectivity index (χ4v) is 1.43. The molecule has 1 amide bonds. The van der Waals surface area contributed by atoms with Gasteiger partial charge >= 0.3 is 0 Å². The van der Waals surface area contributed by atoms with Gasteiger partial charge in [-0.1, -0.05) is 12.1 Å². The number of hydrogen-bond acceptors (Lipinski definition) is 2. The van der Waals surface area contributed by atoms with Crippen LogP contribution in [0.4, 0.5) is 0 Å². The van der Waals surface area contributed by atoms with Crippen LogP contribution in [0.25, 0.3) is 0 Å². The summed E-state index contributed by atoms with van der Waals surface area (Å²) in [5, 5.41) is 2.73. The van der Waals surface area contributed by atoms with Gasteiger partial charge in [-0.25, -0.2) is 0 Å². The Morgan fingerprint density at radius 1 is 1.36 bits per heavy atom. The molecule has 3 nitrogen and oxygen atoms in total. The fourth-order valence-electron chi connectivity index (χ4n) is 1.07. The third kappa shape index (κ3) is 4.06. The molecule has 1 aromatic rings. The highest BCUT2D eigenvalue weighted by atomic mass is 127. The predicted octanol–water partition coefficient (Wildman–Crippen LogP) is 0.909. The molecule has 3 N–H and O–H groups in total. The Bertz CT molecular complexity index is 297.